The predicted octanol–water partition coefficient (Wildman–Crippen LogP) is 3.59. The third-order valence-electron chi connectivity index (χ3n) is 3.22. The minimum absolute atomic E-state index is 0.363. The highest BCUT2D eigenvalue weighted by molar-refractivity contribution is 4.80. The highest BCUT2D eigenvalue weighted by atomic mass is 15.0. The first-order valence-electron chi connectivity index (χ1n) is 5.83. The minimum atomic E-state index is 0.363. The van der Waals surface area contributed by atoms with Gasteiger partial charge >= 0.3 is 0 Å². The molecule has 1 atom stereocenters. The quantitative estimate of drug-likeness (QED) is 0.639. The topological polar surface area (TPSA) is 12.0 Å². The lowest BCUT2D eigenvalue weighted by Crippen LogP contribution is -2.43. The van der Waals surface area contributed by atoms with Crippen molar-refractivity contribution in [2.75, 3.05) is 6.54 Å². The summed E-state index contributed by atoms with van der Waals surface area (Å²) < 4.78 is 0. The van der Waals surface area contributed by atoms with Gasteiger partial charge in [0.15, 0.2) is 0 Å². The van der Waals surface area contributed by atoms with Crippen LogP contribution in [0, 0.1) is 5.92 Å². The van der Waals surface area contributed by atoms with Gasteiger partial charge in [-0.1, -0.05) is 34.1 Å². The monoisotopic (exact) mass is 185 g/mol. The largest absolute Gasteiger partial charge is 0.311 e. The van der Waals surface area contributed by atoms with Crippen LogP contribution in [0.4, 0.5) is 0 Å². The maximum Gasteiger partial charge on any atom is 0.0148 e. The highest BCUT2D eigenvalue weighted by Crippen LogP contribution is 2.14. The molecule has 0 fully saturated rings. The summed E-state index contributed by atoms with van der Waals surface area (Å²) in [5.74, 6) is 0.822. The van der Waals surface area contributed by atoms with Gasteiger partial charge in [-0.15, -0.1) is 0 Å². The molecule has 0 bridgehead atoms. The maximum absolute atomic E-state index is 3.68. The van der Waals surface area contributed by atoms with Crippen molar-refractivity contribution in [1.82, 2.24) is 5.32 Å². The van der Waals surface area contributed by atoms with Gasteiger partial charge in [-0.3, -0.25) is 0 Å². The van der Waals surface area contributed by atoms with Crippen molar-refractivity contribution in [2.45, 2.75) is 65.8 Å². The van der Waals surface area contributed by atoms with E-state index in [1.54, 1.807) is 0 Å². The van der Waals surface area contributed by atoms with E-state index < -0.39 is 0 Å². The SMILES string of the molecule is CCCC(C)CNC(C)(CC)CC. The summed E-state index contributed by atoms with van der Waals surface area (Å²) in [5.41, 5.74) is 0.363. The van der Waals surface area contributed by atoms with Crippen LogP contribution in [0.15, 0.2) is 0 Å². The average molecular weight is 185 g/mol. The van der Waals surface area contributed by atoms with E-state index in [1.807, 2.05) is 0 Å². The molecule has 0 heterocycles. The van der Waals surface area contributed by atoms with Crippen LogP contribution < -0.4 is 5.32 Å². The van der Waals surface area contributed by atoms with Gasteiger partial charge in [0.05, 0.1) is 0 Å². The molecule has 1 nitrogen and oxygen atoms in total. The molecule has 13 heavy (non-hydrogen) atoms. The number of nitrogens with one attached hydrogen (secondary N) is 1. The summed E-state index contributed by atoms with van der Waals surface area (Å²) in [6.45, 7) is 12.6. The third-order valence-corrected chi connectivity index (χ3v) is 3.22. The average Bonchev–Trinajstić information content (AvgIpc) is 2.15. The molecule has 0 rings (SSSR count). The van der Waals surface area contributed by atoms with Gasteiger partial charge < -0.3 is 5.32 Å². The van der Waals surface area contributed by atoms with Gasteiger partial charge in [0, 0.05) is 5.54 Å². The van der Waals surface area contributed by atoms with Crippen LogP contribution in [0.25, 0.3) is 0 Å². The number of hydrogen-bond donors (Lipinski definition) is 1. The van der Waals surface area contributed by atoms with Crippen LogP contribution in [-0.4, -0.2) is 12.1 Å². The Hall–Kier alpha value is -0.0400. The van der Waals surface area contributed by atoms with E-state index >= 15 is 0 Å². The minimum Gasteiger partial charge on any atom is -0.311 e. The standard InChI is InChI=1S/C12H27N/c1-6-9-11(4)10-13-12(5,7-2)8-3/h11,13H,6-10H2,1-5H3. The van der Waals surface area contributed by atoms with Gasteiger partial charge in [0.25, 0.3) is 0 Å². The molecule has 0 aliphatic heterocycles. The fourth-order valence-corrected chi connectivity index (χ4v) is 1.52. The van der Waals surface area contributed by atoms with Gasteiger partial charge in [-0.05, 0) is 38.6 Å². The van der Waals surface area contributed by atoms with Gasteiger partial charge in [-0.25, -0.2) is 0 Å². The zero-order valence-corrected chi connectivity index (χ0v) is 10.1. The fraction of sp³-hybridized carbons (Fsp3) is 1.00. The van der Waals surface area contributed by atoms with Crippen LogP contribution in [0.5, 0.6) is 0 Å². The summed E-state index contributed by atoms with van der Waals surface area (Å²) in [5, 5.41) is 3.68. The molecular formula is C12H27N. The molecule has 1 heteroatoms. The summed E-state index contributed by atoms with van der Waals surface area (Å²) in [6.07, 6.45) is 5.10. The zero-order chi connectivity index (χ0) is 10.3. The van der Waals surface area contributed by atoms with Crippen molar-refractivity contribution in [1.29, 1.82) is 0 Å². The van der Waals surface area contributed by atoms with Gasteiger partial charge in [-0.2, -0.15) is 0 Å². The van der Waals surface area contributed by atoms with E-state index in [9.17, 15) is 0 Å². The summed E-state index contributed by atoms with van der Waals surface area (Å²) in [4.78, 5) is 0. The van der Waals surface area contributed by atoms with Crippen LogP contribution >= 0.6 is 0 Å². The molecule has 0 radical (unpaired) electrons. The van der Waals surface area contributed by atoms with Crippen molar-refractivity contribution in [2.24, 2.45) is 5.92 Å². The molecule has 0 aliphatic rings. The number of rotatable bonds is 7. The second kappa shape index (κ2) is 6.42. The first kappa shape index (κ1) is 13.0. The van der Waals surface area contributed by atoms with E-state index in [4.69, 9.17) is 0 Å². The van der Waals surface area contributed by atoms with Crippen molar-refractivity contribution in [3.8, 4) is 0 Å². The van der Waals surface area contributed by atoms with E-state index in [0.29, 0.717) is 5.54 Å². The van der Waals surface area contributed by atoms with Crippen LogP contribution in [0.2, 0.25) is 0 Å². The fourth-order valence-electron chi connectivity index (χ4n) is 1.52. The summed E-state index contributed by atoms with van der Waals surface area (Å²) >= 11 is 0. The Balaban J connectivity index is 3.71. The number of hydrogen-bond acceptors (Lipinski definition) is 1. The molecular weight excluding hydrogens is 158 g/mol. The lowest BCUT2D eigenvalue weighted by atomic mass is 9.94. The smallest absolute Gasteiger partial charge is 0.0148 e. The van der Waals surface area contributed by atoms with Crippen molar-refractivity contribution in [3.63, 3.8) is 0 Å². The molecule has 80 valence electrons. The van der Waals surface area contributed by atoms with Gasteiger partial charge in [0.2, 0.25) is 0 Å². The molecule has 0 saturated carbocycles. The molecule has 0 saturated heterocycles. The molecule has 1 N–H and O–H groups in total. The Labute approximate surface area is 84.3 Å². The van der Waals surface area contributed by atoms with E-state index in [2.05, 4.69) is 39.9 Å². The molecule has 0 aromatic carbocycles. The molecule has 0 spiro atoms. The van der Waals surface area contributed by atoms with Crippen molar-refractivity contribution >= 4 is 0 Å². The van der Waals surface area contributed by atoms with Crippen LogP contribution in [-0.2, 0) is 0 Å². The highest BCUT2D eigenvalue weighted by Gasteiger charge is 2.18. The molecule has 0 aromatic rings. The Morgan fingerprint density at radius 1 is 1.15 bits per heavy atom. The van der Waals surface area contributed by atoms with E-state index in [0.717, 1.165) is 5.92 Å². The van der Waals surface area contributed by atoms with Crippen LogP contribution in [0.1, 0.15) is 60.3 Å². The Morgan fingerprint density at radius 3 is 2.08 bits per heavy atom. The van der Waals surface area contributed by atoms with Crippen molar-refractivity contribution in [3.05, 3.63) is 0 Å². The Morgan fingerprint density at radius 2 is 1.69 bits per heavy atom. The first-order chi connectivity index (χ1) is 6.08. The first-order valence-corrected chi connectivity index (χ1v) is 5.83. The molecule has 0 aliphatic carbocycles. The Bertz CT molecular complexity index is 116. The molecule has 1 unspecified atom stereocenters. The Kier molecular flexibility index (Phi) is 6.40. The molecule has 0 aromatic heterocycles. The van der Waals surface area contributed by atoms with Crippen molar-refractivity contribution < 1.29 is 0 Å². The third kappa shape index (κ3) is 5.30. The summed E-state index contributed by atoms with van der Waals surface area (Å²) in [7, 11) is 0. The zero-order valence-electron chi connectivity index (χ0n) is 10.1. The lowest BCUT2D eigenvalue weighted by Gasteiger charge is -2.30. The lowest BCUT2D eigenvalue weighted by molar-refractivity contribution is 0.304. The second-order valence-corrected chi connectivity index (χ2v) is 4.54. The maximum atomic E-state index is 3.68. The van der Waals surface area contributed by atoms with Gasteiger partial charge in [0.1, 0.15) is 0 Å². The molecule has 0 amide bonds. The van der Waals surface area contributed by atoms with Crippen LogP contribution in [0.3, 0.4) is 0 Å². The second-order valence-electron chi connectivity index (χ2n) is 4.54. The van der Waals surface area contributed by atoms with E-state index in [-0.39, 0.29) is 0 Å². The van der Waals surface area contributed by atoms with E-state index in [1.165, 1.54) is 32.2 Å². The normalized spacial score (nSPS) is 14.5. The summed E-state index contributed by atoms with van der Waals surface area (Å²) in [6, 6.07) is 0. The predicted molar refractivity (Wildman–Crippen MR) is 61.1 cm³/mol.